The largest absolute Gasteiger partial charge is 0.507 e. The smallest absolute Gasteiger partial charge is 0.129 e. The van der Waals surface area contributed by atoms with Crippen LogP contribution in [-0.4, -0.2) is 10.2 Å². The summed E-state index contributed by atoms with van der Waals surface area (Å²) in [7, 11) is 0. The monoisotopic (exact) mass is 412 g/mol. The molecule has 0 aliphatic carbocycles. The van der Waals surface area contributed by atoms with Gasteiger partial charge in [0.25, 0.3) is 0 Å². The third-order valence-corrected chi connectivity index (χ3v) is 3.56. The summed E-state index contributed by atoms with van der Waals surface area (Å²) in [5.74, 6) is 0.416. The summed E-state index contributed by atoms with van der Waals surface area (Å²) in [5.41, 5.74) is 0. The minimum Gasteiger partial charge on any atom is -0.507 e. The Bertz CT molecular complexity index is 498. The second-order valence-corrected chi connectivity index (χ2v) is 5.77. The average molecular weight is 415 g/mol. The highest BCUT2D eigenvalue weighted by atomic mass is 79.9. The van der Waals surface area contributed by atoms with Crippen molar-refractivity contribution >= 4 is 55.1 Å². The zero-order valence-corrected chi connectivity index (χ0v) is 13.6. The number of halogens is 4. The molecule has 0 saturated heterocycles. The van der Waals surface area contributed by atoms with Crippen LogP contribution in [0.1, 0.15) is 0 Å². The molecule has 2 rings (SSSR count). The van der Waals surface area contributed by atoms with Gasteiger partial charge in [-0.2, -0.15) is 0 Å². The van der Waals surface area contributed by atoms with Crippen molar-refractivity contribution in [3.63, 3.8) is 0 Å². The Hall–Kier alpha value is -0.420. The summed E-state index contributed by atoms with van der Waals surface area (Å²) in [5, 5.41) is 19.1. The lowest BCUT2D eigenvalue weighted by Gasteiger charge is -1.94. The minimum atomic E-state index is 0.208. The maximum absolute atomic E-state index is 8.94. The van der Waals surface area contributed by atoms with Crippen LogP contribution in [-0.2, 0) is 0 Å². The first kappa shape index (κ1) is 15.6. The quantitative estimate of drug-likeness (QED) is 0.587. The Morgan fingerprint density at radius 3 is 1.28 bits per heavy atom. The molecule has 0 radical (unpaired) electrons. The highest BCUT2D eigenvalue weighted by molar-refractivity contribution is 9.10. The van der Waals surface area contributed by atoms with E-state index in [0.717, 1.165) is 0 Å². The highest BCUT2D eigenvalue weighted by Gasteiger charge is 1.95. The zero-order chi connectivity index (χ0) is 13.7. The first-order chi connectivity index (χ1) is 8.40. The van der Waals surface area contributed by atoms with Crippen molar-refractivity contribution in [2.24, 2.45) is 0 Å². The molecule has 0 aromatic heterocycles. The van der Waals surface area contributed by atoms with Crippen LogP contribution in [0.5, 0.6) is 11.5 Å². The Labute approximate surface area is 131 Å². The lowest BCUT2D eigenvalue weighted by Crippen LogP contribution is -1.66. The Morgan fingerprint density at radius 2 is 1.06 bits per heavy atom. The standard InChI is InChI=1S/2C6H4BrClO/c2*7-5-3-4(8)1-2-6(5)9/h2*1-3,9H. The van der Waals surface area contributed by atoms with Crippen molar-refractivity contribution in [2.45, 2.75) is 0 Å². The molecule has 18 heavy (non-hydrogen) atoms. The first-order valence-corrected chi connectivity index (χ1v) is 7.02. The van der Waals surface area contributed by atoms with Crippen LogP contribution in [0.25, 0.3) is 0 Å². The molecule has 6 heteroatoms. The van der Waals surface area contributed by atoms with Crippen molar-refractivity contribution in [1.29, 1.82) is 0 Å². The van der Waals surface area contributed by atoms with E-state index in [2.05, 4.69) is 31.9 Å². The van der Waals surface area contributed by atoms with Crippen LogP contribution in [0, 0.1) is 0 Å². The van der Waals surface area contributed by atoms with Crippen LogP contribution in [0.4, 0.5) is 0 Å². The number of phenols is 2. The molecule has 0 atom stereocenters. The van der Waals surface area contributed by atoms with Crippen molar-refractivity contribution in [3.05, 3.63) is 55.4 Å². The molecule has 2 aromatic carbocycles. The summed E-state index contributed by atoms with van der Waals surface area (Å²) in [6.07, 6.45) is 0. The topological polar surface area (TPSA) is 40.5 Å². The molecule has 0 fully saturated rings. The fraction of sp³-hybridized carbons (Fsp3) is 0. The molecule has 0 aliphatic heterocycles. The van der Waals surface area contributed by atoms with Gasteiger partial charge in [-0.15, -0.1) is 0 Å². The molecule has 2 N–H and O–H groups in total. The van der Waals surface area contributed by atoms with Crippen LogP contribution < -0.4 is 0 Å². The predicted molar refractivity (Wildman–Crippen MR) is 81.6 cm³/mol. The van der Waals surface area contributed by atoms with Gasteiger partial charge in [0.1, 0.15) is 11.5 Å². The second-order valence-electron chi connectivity index (χ2n) is 3.19. The number of benzene rings is 2. The predicted octanol–water partition coefficient (Wildman–Crippen LogP) is 5.62. The van der Waals surface area contributed by atoms with E-state index >= 15 is 0 Å². The molecule has 96 valence electrons. The van der Waals surface area contributed by atoms with Gasteiger partial charge in [0.05, 0.1) is 8.95 Å². The molecule has 0 unspecified atom stereocenters. The van der Waals surface area contributed by atoms with Gasteiger partial charge in [-0.1, -0.05) is 23.2 Å². The molecule has 0 spiro atoms. The van der Waals surface area contributed by atoms with Gasteiger partial charge >= 0.3 is 0 Å². The Balaban J connectivity index is 0.000000180. The van der Waals surface area contributed by atoms with Crippen LogP contribution in [0.2, 0.25) is 10.0 Å². The fourth-order valence-corrected chi connectivity index (χ4v) is 2.33. The maximum Gasteiger partial charge on any atom is 0.129 e. The van der Waals surface area contributed by atoms with Crippen LogP contribution in [0.3, 0.4) is 0 Å². The fourth-order valence-electron chi connectivity index (χ4n) is 0.963. The molecular weight excluding hydrogens is 407 g/mol. The number of hydrogen-bond donors (Lipinski definition) is 2. The molecule has 2 nitrogen and oxygen atoms in total. The average Bonchev–Trinajstić information content (AvgIpc) is 2.30. The van der Waals surface area contributed by atoms with Gasteiger partial charge in [-0.05, 0) is 68.3 Å². The van der Waals surface area contributed by atoms with Gasteiger partial charge in [0.15, 0.2) is 0 Å². The Morgan fingerprint density at radius 1 is 0.722 bits per heavy atom. The van der Waals surface area contributed by atoms with Gasteiger partial charge in [0, 0.05) is 10.0 Å². The number of phenolic OH excluding ortho intramolecular Hbond substituents is 2. The summed E-state index contributed by atoms with van der Waals surface area (Å²) < 4.78 is 1.24. The van der Waals surface area contributed by atoms with Gasteiger partial charge in [0.2, 0.25) is 0 Å². The normalized spacial score (nSPS) is 9.56. The van der Waals surface area contributed by atoms with E-state index in [-0.39, 0.29) is 11.5 Å². The molecule has 0 aliphatic rings. The summed E-state index contributed by atoms with van der Waals surface area (Å²) in [6, 6.07) is 9.59. The number of hydrogen-bond acceptors (Lipinski definition) is 2. The number of aromatic hydroxyl groups is 2. The van der Waals surface area contributed by atoms with Crippen molar-refractivity contribution in [1.82, 2.24) is 0 Å². The van der Waals surface area contributed by atoms with E-state index in [4.69, 9.17) is 33.4 Å². The van der Waals surface area contributed by atoms with Gasteiger partial charge in [-0.25, -0.2) is 0 Å². The lowest BCUT2D eigenvalue weighted by molar-refractivity contribution is 0.471. The number of rotatable bonds is 0. The van der Waals surface area contributed by atoms with Gasteiger partial charge in [-0.3, -0.25) is 0 Å². The van der Waals surface area contributed by atoms with Crippen molar-refractivity contribution in [2.75, 3.05) is 0 Å². The van der Waals surface area contributed by atoms with Crippen LogP contribution >= 0.6 is 55.1 Å². The van der Waals surface area contributed by atoms with E-state index in [9.17, 15) is 0 Å². The molecule has 2 aromatic rings. The van der Waals surface area contributed by atoms with Crippen LogP contribution in [0.15, 0.2) is 45.3 Å². The molecule has 0 saturated carbocycles. The molecular formula is C12H8Br2Cl2O2. The minimum absolute atomic E-state index is 0.208. The highest BCUT2D eigenvalue weighted by Crippen LogP contribution is 2.26. The van der Waals surface area contributed by atoms with Crippen molar-refractivity contribution < 1.29 is 10.2 Å². The lowest BCUT2D eigenvalue weighted by atomic mass is 10.3. The first-order valence-electron chi connectivity index (χ1n) is 4.68. The maximum atomic E-state index is 8.94. The second kappa shape index (κ2) is 7.24. The SMILES string of the molecule is Oc1ccc(Cl)cc1Br.Oc1ccc(Cl)cc1Br. The van der Waals surface area contributed by atoms with E-state index in [1.54, 1.807) is 24.3 Å². The molecule has 0 bridgehead atoms. The van der Waals surface area contributed by atoms with E-state index in [0.29, 0.717) is 19.0 Å². The third kappa shape index (κ3) is 5.06. The Kier molecular flexibility index (Phi) is 6.29. The van der Waals surface area contributed by atoms with Gasteiger partial charge < -0.3 is 10.2 Å². The summed E-state index contributed by atoms with van der Waals surface area (Å²) in [4.78, 5) is 0. The zero-order valence-electron chi connectivity index (χ0n) is 8.87. The van der Waals surface area contributed by atoms with E-state index < -0.39 is 0 Å². The molecule has 0 amide bonds. The van der Waals surface area contributed by atoms with E-state index in [1.807, 2.05) is 0 Å². The third-order valence-electron chi connectivity index (χ3n) is 1.82. The summed E-state index contributed by atoms with van der Waals surface area (Å²) in [6.45, 7) is 0. The van der Waals surface area contributed by atoms with E-state index in [1.165, 1.54) is 12.1 Å². The van der Waals surface area contributed by atoms with Crippen molar-refractivity contribution in [3.8, 4) is 11.5 Å². The summed E-state index contributed by atoms with van der Waals surface area (Å²) >= 11 is 17.4. The molecule has 0 heterocycles.